The van der Waals surface area contributed by atoms with Gasteiger partial charge in [0, 0.05) is 6.20 Å². The van der Waals surface area contributed by atoms with Gasteiger partial charge in [0.15, 0.2) is 0 Å². The Morgan fingerprint density at radius 1 is 1.35 bits per heavy atom. The van der Waals surface area contributed by atoms with Crippen LogP contribution < -0.4 is 4.74 Å². The lowest BCUT2D eigenvalue weighted by molar-refractivity contribution is 0.0681. The van der Waals surface area contributed by atoms with Gasteiger partial charge in [-0.1, -0.05) is 12.1 Å². The van der Waals surface area contributed by atoms with Crippen molar-refractivity contribution in [2.75, 3.05) is 7.11 Å². The van der Waals surface area contributed by atoms with Crippen molar-refractivity contribution in [3.63, 3.8) is 0 Å². The molecule has 2 rings (SSSR count). The summed E-state index contributed by atoms with van der Waals surface area (Å²) in [5.41, 5.74) is 1.35. The molecule has 0 aliphatic carbocycles. The van der Waals surface area contributed by atoms with Gasteiger partial charge in [0.2, 0.25) is 0 Å². The Balaban J connectivity index is 1.97. The second-order valence-electron chi connectivity index (χ2n) is 4.03. The number of methoxy groups -OCH3 is 1. The van der Waals surface area contributed by atoms with Crippen LogP contribution >= 0.6 is 0 Å². The standard InChI is InChI=1S/C14H14N2O4/c1-19-11-4-2-3-10(5-11)7-20-8-13-12(14(17)18)6-15-9-16-13/h2-6,9H,7-8H2,1H3,(H,17,18). The third kappa shape index (κ3) is 3.52. The molecule has 0 saturated carbocycles. The summed E-state index contributed by atoms with van der Waals surface area (Å²) in [6.45, 7) is 0.460. The minimum atomic E-state index is -1.06. The first kappa shape index (κ1) is 14.0. The summed E-state index contributed by atoms with van der Waals surface area (Å²) in [5.74, 6) is -0.315. The minimum absolute atomic E-state index is 0.0538. The van der Waals surface area contributed by atoms with Gasteiger partial charge >= 0.3 is 5.97 Å². The van der Waals surface area contributed by atoms with Crippen LogP contribution in [0.25, 0.3) is 0 Å². The first-order chi connectivity index (χ1) is 9.70. The molecule has 0 atom stereocenters. The van der Waals surface area contributed by atoms with Gasteiger partial charge in [0.1, 0.15) is 17.6 Å². The summed E-state index contributed by atoms with van der Waals surface area (Å²) in [6.07, 6.45) is 2.57. The van der Waals surface area contributed by atoms with E-state index < -0.39 is 5.97 Å². The zero-order chi connectivity index (χ0) is 14.4. The average molecular weight is 274 g/mol. The molecule has 104 valence electrons. The molecule has 0 aliphatic heterocycles. The lowest BCUT2D eigenvalue weighted by Gasteiger charge is -2.07. The molecule has 0 spiro atoms. The molecule has 1 heterocycles. The van der Waals surface area contributed by atoms with Crippen LogP contribution in [0, 0.1) is 0 Å². The molecule has 20 heavy (non-hydrogen) atoms. The lowest BCUT2D eigenvalue weighted by Crippen LogP contribution is -2.07. The van der Waals surface area contributed by atoms with E-state index in [1.165, 1.54) is 12.5 Å². The molecule has 0 bridgehead atoms. The average Bonchev–Trinajstić information content (AvgIpc) is 2.48. The first-order valence-corrected chi connectivity index (χ1v) is 5.93. The van der Waals surface area contributed by atoms with E-state index >= 15 is 0 Å². The molecule has 1 aromatic carbocycles. The second kappa shape index (κ2) is 6.63. The third-order valence-electron chi connectivity index (χ3n) is 2.67. The molecule has 0 aliphatic rings. The van der Waals surface area contributed by atoms with E-state index in [0.29, 0.717) is 12.3 Å². The summed E-state index contributed by atoms with van der Waals surface area (Å²) in [7, 11) is 1.60. The largest absolute Gasteiger partial charge is 0.497 e. The topological polar surface area (TPSA) is 81.5 Å². The number of carbonyl (C=O) groups is 1. The van der Waals surface area contributed by atoms with Gasteiger partial charge in [-0.3, -0.25) is 0 Å². The number of benzene rings is 1. The van der Waals surface area contributed by atoms with Crippen molar-refractivity contribution in [1.29, 1.82) is 0 Å². The highest BCUT2D eigenvalue weighted by molar-refractivity contribution is 5.88. The quantitative estimate of drug-likeness (QED) is 0.866. The molecule has 1 aromatic heterocycles. The Labute approximate surface area is 116 Å². The van der Waals surface area contributed by atoms with Crippen LogP contribution in [-0.2, 0) is 18.0 Å². The van der Waals surface area contributed by atoms with Crippen LogP contribution in [0.5, 0.6) is 5.75 Å². The van der Waals surface area contributed by atoms with E-state index in [1.54, 1.807) is 7.11 Å². The number of hydrogen-bond donors (Lipinski definition) is 1. The van der Waals surface area contributed by atoms with Gasteiger partial charge < -0.3 is 14.6 Å². The summed E-state index contributed by atoms with van der Waals surface area (Å²) < 4.78 is 10.6. The van der Waals surface area contributed by atoms with E-state index in [4.69, 9.17) is 14.6 Å². The highest BCUT2D eigenvalue weighted by Gasteiger charge is 2.11. The van der Waals surface area contributed by atoms with Gasteiger partial charge in [0.25, 0.3) is 0 Å². The third-order valence-corrected chi connectivity index (χ3v) is 2.67. The molecule has 2 aromatic rings. The van der Waals surface area contributed by atoms with Gasteiger partial charge in [-0.05, 0) is 17.7 Å². The van der Waals surface area contributed by atoms with E-state index in [0.717, 1.165) is 11.3 Å². The Morgan fingerprint density at radius 2 is 2.20 bits per heavy atom. The number of ether oxygens (including phenoxy) is 2. The molecular weight excluding hydrogens is 260 g/mol. The summed E-state index contributed by atoms with van der Waals surface area (Å²) >= 11 is 0. The SMILES string of the molecule is COc1cccc(COCc2ncncc2C(=O)O)c1. The maximum atomic E-state index is 11.0. The molecule has 0 saturated heterocycles. The van der Waals surface area contributed by atoms with Gasteiger partial charge in [-0.25, -0.2) is 14.8 Å². The minimum Gasteiger partial charge on any atom is -0.497 e. The Bertz CT molecular complexity index is 601. The van der Waals surface area contributed by atoms with E-state index in [2.05, 4.69) is 9.97 Å². The smallest absolute Gasteiger partial charge is 0.339 e. The zero-order valence-corrected chi connectivity index (χ0v) is 10.9. The fourth-order valence-electron chi connectivity index (χ4n) is 1.68. The van der Waals surface area contributed by atoms with Crippen LogP contribution in [0.3, 0.4) is 0 Å². The molecule has 6 heteroatoms. The van der Waals surface area contributed by atoms with Gasteiger partial charge in [-0.15, -0.1) is 0 Å². The van der Waals surface area contributed by atoms with Crippen molar-refractivity contribution in [3.8, 4) is 5.75 Å². The molecular formula is C14H14N2O4. The van der Waals surface area contributed by atoms with Crippen molar-refractivity contribution in [2.24, 2.45) is 0 Å². The van der Waals surface area contributed by atoms with E-state index in [9.17, 15) is 4.79 Å². The van der Waals surface area contributed by atoms with Crippen LogP contribution in [0.4, 0.5) is 0 Å². The van der Waals surface area contributed by atoms with E-state index in [-0.39, 0.29) is 12.2 Å². The lowest BCUT2D eigenvalue weighted by atomic mass is 10.2. The summed E-state index contributed by atoms with van der Waals surface area (Å²) in [4.78, 5) is 18.6. The molecule has 0 amide bonds. The summed E-state index contributed by atoms with van der Waals surface area (Å²) in [5, 5.41) is 9.00. The normalized spacial score (nSPS) is 10.2. The maximum absolute atomic E-state index is 11.0. The molecule has 1 N–H and O–H groups in total. The molecule has 0 fully saturated rings. The Hall–Kier alpha value is -2.47. The zero-order valence-electron chi connectivity index (χ0n) is 10.9. The van der Waals surface area contributed by atoms with Crippen LogP contribution in [0.1, 0.15) is 21.6 Å². The fourth-order valence-corrected chi connectivity index (χ4v) is 1.68. The first-order valence-electron chi connectivity index (χ1n) is 5.93. The highest BCUT2D eigenvalue weighted by atomic mass is 16.5. The van der Waals surface area contributed by atoms with Crippen LogP contribution in [0.2, 0.25) is 0 Å². The molecule has 0 radical (unpaired) electrons. The molecule has 0 unspecified atom stereocenters. The monoisotopic (exact) mass is 274 g/mol. The number of aromatic carboxylic acids is 1. The van der Waals surface area contributed by atoms with Gasteiger partial charge in [0.05, 0.1) is 26.0 Å². The van der Waals surface area contributed by atoms with Crippen molar-refractivity contribution in [3.05, 3.63) is 53.6 Å². The van der Waals surface area contributed by atoms with Gasteiger partial charge in [-0.2, -0.15) is 0 Å². The van der Waals surface area contributed by atoms with Crippen molar-refractivity contribution in [1.82, 2.24) is 9.97 Å². The van der Waals surface area contributed by atoms with Crippen LogP contribution in [0.15, 0.2) is 36.8 Å². The number of nitrogens with zero attached hydrogens (tertiary/aromatic N) is 2. The summed E-state index contributed by atoms with van der Waals surface area (Å²) in [6, 6.07) is 7.47. The van der Waals surface area contributed by atoms with Crippen molar-refractivity contribution in [2.45, 2.75) is 13.2 Å². The van der Waals surface area contributed by atoms with Crippen molar-refractivity contribution < 1.29 is 19.4 Å². The number of aromatic nitrogens is 2. The Kier molecular flexibility index (Phi) is 4.62. The Morgan fingerprint density at radius 3 is 2.95 bits per heavy atom. The maximum Gasteiger partial charge on any atom is 0.339 e. The van der Waals surface area contributed by atoms with Crippen LogP contribution in [-0.4, -0.2) is 28.2 Å². The predicted octanol–water partition coefficient (Wildman–Crippen LogP) is 1.90. The number of carboxylic acid groups (broad SMARTS) is 1. The fraction of sp³-hybridized carbons (Fsp3) is 0.214. The highest BCUT2D eigenvalue weighted by Crippen LogP contribution is 2.14. The second-order valence-corrected chi connectivity index (χ2v) is 4.03. The predicted molar refractivity (Wildman–Crippen MR) is 70.5 cm³/mol. The number of rotatable bonds is 6. The molecule has 6 nitrogen and oxygen atoms in total. The van der Waals surface area contributed by atoms with Crippen molar-refractivity contribution >= 4 is 5.97 Å². The van der Waals surface area contributed by atoms with E-state index in [1.807, 2.05) is 24.3 Å². The number of hydrogen-bond acceptors (Lipinski definition) is 5. The number of carboxylic acids is 1.